The number of aromatic amines is 1. The average molecular weight is 486 g/mol. The van der Waals surface area contributed by atoms with Gasteiger partial charge in [0, 0.05) is 23.4 Å². The summed E-state index contributed by atoms with van der Waals surface area (Å²) in [5.74, 6) is -0.687. The number of carbonyl (C=O) groups excluding carboxylic acids is 2. The molecule has 1 aliphatic carbocycles. The zero-order valence-corrected chi connectivity index (χ0v) is 21.4. The highest BCUT2D eigenvalue weighted by atomic mass is 16.2. The molecule has 1 saturated carbocycles. The minimum atomic E-state index is -0.366. The SMILES string of the molecule is CCc1[nH]n(-c2cccc(C)c2C)c(=O)c1C1=C([n+]2cccc(C)c2)C(=O)N(C2CCCCC2)C1=O. The van der Waals surface area contributed by atoms with E-state index in [1.807, 2.05) is 64.2 Å². The van der Waals surface area contributed by atoms with Crippen LogP contribution in [-0.2, 0) is 16.0 Å². The Morgan fingerprint density at radius 2 is 1.72 bits per heavy atom. The van der Waals surface area contributed by atoms with Crippen molar-refractivity contribution in [3.05, 3.63) is 81.0 Å². The molecule has 7 heteroatoms. The van der Waals surface area contributed by atoms with Crippen molar-refractivity contribution in [2.24, 2.45) is 0 Å². The molecular weight excluding hydrogens is 452 g/mol. The lowest BCUT2D eigenvalue weighted by molar-refractivity contribution is -0.577. The maximum atomic E-state index is 14.0. The molecule has 0 radical (unpaired) electrons. The Bertz CT molecular complexity index is 1450. The third kappa shape index (κ3) is 3.83. The Hall–Kier alpha value is -3.74. The fourth-order valence-corrected chi connectivity index (χ4v) is 5.55. The number of hydrogen-bond donors (Lipinski definition) is 1. The average Bonchev–Trinajstić information content (AvgIpc) is 3.33. The molecule has 0 spiro atoms. The van der Waals surface area contributed by atoms with Gasteiger partial charge in [0.1, 0.15) is 5.57 Å². The van der Waals surface area contributed by atoms with E-state index in [4.69, 9.17) is 0 Å². The van der Waals surface area contributed by atoms with Crippen LogP contribution in [0.3, 0.4) is 0 Å². The second-order valence-electron chi connectivity index (χ2n) is 9.96. The second kappa shape index (κ2) is 9.37. The smallest absolute Gasteiger partial charge is 0.294 e. The fraction of sp³-hybridized carbons (Fsp3) is 0.379. The number of benzene rings is 1. The third-order valence-corrected chi connectivity index (χ3v) is 7.62. The van der Waals surface area contributed by atoms with Crippen LogP contribution in [0.4, 0.5) is 0 Å². The van der Waals surface area contributed by atoms with E-state index < -0.39 is 0 Å². The van der Waals surface area contributed by atoms with Crippen molar-refractivity contribution in [3.63, 3.8) is 0 Å². The van der Waals surface area contributed by atoms with Crippen LogP contribution in [0, 0.1) is 20.8 Å². The molecule has 186 valence electrons. The van der Waals surface area contributed by atoms with Crippen LogP contribution < -0.4 is 10.1 Å². The van der Waals surface area contributed by atoms with Gasteiger partial charge < -0.3 is 0 Å². The second-order valence-corrected chi connectivity index (χ2v) is 9.96. The first-order chi connectivity index (χ1) is 17.3. The lowest BCUT2D eigenvalue weighted by Gasteiger charge is -2.29. The van der Waals surface area contributed by atoms with Gasteiger partial charge >= 0.3 is 5.91 Å². The number of H-pyrrole nitrogens is 1. The van der Waals surface area contributed by atoms with Crippen molar-refractivity contribution in [3.8, 4) is 5.69 Å². The number of aromatic nitrogens is 3. The van der Waals surface area contributed by atoms with Gasteiger partial charge in [-0.2, -0.15) is 4.57 Å². The molecule has 2 amide bonds. The molecule has 2 aliphatic rings. The van der Waals surface area contributed by atoms with E-state index in [0.29, 0.717) is 17.7 Å². The maximum Gasteiger partial charge on any atom is 0.327 e. The molecule has 1 fully saturated rings. The summed E-state index contributed by atoms with van der Waals surface area (Å²) in [7, 11) is 0. The minimum Gasteiger partial charge on any atom is -0.294 e. The minimum absolute atomic E-state index is 0.137. The predicted molar refractivity (Wildman–Crippen MR) is 138 cm³/mol. The van der Waals surface area contributed by atoms with Crippen LogP contribution in [0.1, 0.15) is 67.0 Å². The van der Waals surface area contributed by atoms with Gasteiger partial charge in [-0.05, 0) is 63.3 Å². The molecule has 1 aromatic carbocycles. The Balaban J connectivity index is 1.76. The summed E-state index contributed by atoms with van der Waals surface area (Å²) in [6.07, 6.45) is 8.84. The van der Waals surface area contributed by atoms with Crippen LogP contribution in [0.5, 0.6) is 0 Å². The fourth-order valence-electron chi connectivity index (χ4n) is 5.55. The Morgan fingerprint density at radius 3 is 2.42 bits per heavy atom. The summed E-state index contributed by atoms with van der Waals surface area (Å²) in [5.41, 5.74) is 4.83. The standard InChI is InChI=1S/C29H32N4O3/c1-5-22-24(28(35)33(30-22)23-15-9-12-19(3)20(23)4)25-26(31-16-10-11-18(2)17-31)29(36)32(27(25)34)21-13-7-6-8-14-21/h9-12,15-17,21H,5-8,13-14H2,1-4H3/p+1. The number of rotatable bonds is 5. The van der Waals surface area contributed by atoms with E-state index in [2.05, 4.69) is 5.10 Å². The first-order valence-electron chi connectivity index (χ1n) is 12.8. The van der Waals surface area contributed by atoms with Crippen LogP contribution in [0.2, 0.25) is 0 Å². The van der Waals surface area contributed by atoms with Crippen LogP contribution in [-0.4, -0.2) is 32.5 Å². The zero-order chi connectivity index (χ0) is 25.6. The van der Waals surface area contributed by atoms with E-state index >= 15 is 0 Å². The molecule has 3 aromatic rings. The topological polar surface area (TPSA) is 79.1 Å². The Kier molecular flexibility index (Phi) is 6.24. The first kappa shape index (κ1) is 24.0. The van der Waals surface area contributed by atoms with Gasteiger partial charge in [0.05, 0.1) is 11.3 Å². The van der Waals surface area contributed by atoms with Gasteiger partial charge in [-0.15, -0.1) is 0 Å². The summed E-state index contributed by atoms with van der Waals surface area (Å²) >= 11 is 0. The number of amides is 2. The summed E-state index contributed by atoms with van der Waals surface area (Å²) in [4.78, 5) is 43.4. The normalized spacial score (nSPS) is 16.9. The molecule has 0 unspecified atom stereocenters. The Morgan fingerprint density at radius 1 is 0.972 bits per heavy atom. The molecule has 5 rings (SSSR count). The van der Waals surface area contributed by atoms with Gasteiger partial charge in [0.2, 0.25) is 0 Å². The lowest BCUT2D eigenvalue weighted by atomic mass is 9.94. The molecule has 0 atom stereocenters. The van der Waals surface area contributed by atoms with Crippen LogP contribution in [0.15, 0.2) is 47.5 Å². The molecule has 0 bridgehead atoms. The number of pyridine rings is 1. The van der Waals surface area contributed by atoms with Crippen LogP contribution >= 0.6 is 0 Å². The van der Waals surface area contributed by atoms with E-state index in [-0.39, 0.29) is 34.7 Å². The molecule has 0 saturated heterocycles. The quantitative estimate of drug-likeness (QED) is 0.438. The molecule has 2 aromatic heterocycles. The van der Waals surface area contributed by atoms with Gasteiger partial charge in [0.15, 0.2) is 12.4 Å². The van der Waals surface area contributed by atoms with Crippen molar-refractivity contribution in [2.75, 3.05) is 0 Å². The van der Waals surface area contributed by atoms with Gasteiger partial charge in [-0.25, -0.2) is 4.68 Å². The van der Waals surface area contributed by atoms with Crippen molar-refractivity contribution in [1.29, 1.82) is 0 Å². The van der Waals surface area contributed by atoms with Crippen molar-refractivity contribution >= 4 is 23.1 Å². The molecule has 36 heavy (non-hydrogen) atoms. The number of imide groups is 1. The van der Waals surface area contributed by atoms with E-state index in [1.54, 1.807) is 10.8 Å². The predicted octanol–water partition coefficient (Wildman–Crippen LogP) is 4.01. The van der Waals surface area contributed by atoms with E-state index in [1.165, 1.54) is 9.58 Å². The van der Waals surface area contributed by atoms with Gasteiger partial charge in [-0.3, -0.25) is 24.4 Å². The number of carbonyl (C=O) groups is 2. The van der Waals surface area contributed by atoms with E-state index in [0.717, 1.165) is 54.5 Å². The highest BCUT2D eigenvalue weighted by molar-refractivity contribution is 6.44. The summed E-state index contributed by atoms with van der Waals surface area (Å²) < 4.78 is 3.23. The first-order valence-corrected chi connectivity index (χ1v) is 12.8. The molecular formula is C29H33N4O3+. The number of aryl methyl sites for hydroxylation is 3. The van der Waals surface area contributed by atoms with E-state index in [9.17, 15) is 14.4 Å². The van der Waals surface area contributed by atoms with Crippen molar-refractivity contribution < 1.29 is 14.2 Å². The van der Waals surface area contributed by atoms with Gasteiger partial charge in [-0.1, -0.05) is 38.3 Å². The maximum absolute atomic E-state index is 14.0. The highest BCUT2D eigenvalue weighted by Crippen LogP contribution is 2.35. The zero-order valence-electron chi connectivity index (χ0n) is 21.4. The largest absolute Gasteiger partial charge is 0.327 e. The third-order valence-electron chi connectivity index (χ3n) is 7.62. The molecule has 3 heterocycles. The summed E-state index contributed by atoms with van der Waals surface area (Å²) in [5, 5.41) is 3.25. The van der Waals surface area contributed by atoms with Crippen molar-refractivity contribution in [1.82, 2.24) is 14.7 Å². The Labute approximate surface area is 211 Å². The molecule has 7 nitrogen and oxygen atoms in total. The lowest BCUT2D eigenvalue weighted by Crippen LogP contribution is -2.45. The highest BCUT2D eigenvalue weighted by Gasteiger charge is 2.49. The van der Waals surface area contributed by atoms with Crippen molar-refractivity contribution in [2.45, 2.75) is 72.3 Å². The molecule has 1 N–H and O–H groups in total. The van der Waals surface area contributed by atoms with Crippen LogP contribution in [0.25, 0.3) is 17.0 Å². The summed E-state index contributed by atoms with van der Waals surface area (Å²) in [6.45, 7) is 7.87. The molecule has 1 aliphatic heterocycles. The van der Waals surface area contributed by atoms with Gasteiger partial charge in [0.25, 0.3) is 17.2 Å². The number of hydrogen-bond acceptors (Lipinski definition) is 3. The number of nitrogens with one attached hydrogen (secondary N) is 1. The monoisotopic (exact) mass is 485 g/mol. The summed E-state index contributed by atoms with van der Waals surface area (Å²) in [6, 6.07) is 9.47. The number of nitrogens with zero attached hydrogens (tertiary/aromatic N) is 3.